The minimum absolute atomic E-state index is 0.0874. The molecule has 0 spiro atoms. The SMILES string of the molecule is O=C(N[C@H](CO)C(O)c1cc2cc(Cl)ccc2o1)OCc1ccccc1. The van der Waals surface area contributed by atoms with Crippen LogP contribution < -0.4 is 5.32 Å². The van der Waals surface area contributed by atoms with E-state index in [1.54, 1.807) is 24.3 Å². The van der Waals surface area contributed by atoms with E-state index in [0.717, 1.165) is 10.9 Å². The van der Waals surface area contributed by atoms with Crippen molar-refractivity contribution >= 4 is 28.7 Å². The van der Waals surface area contributed by atoms with Crippen LogP contribution in [0.4, 0.5) is 4.79 Å². The van der Waals surface area contributed by atoms with Crippen molar-refractivity contribution in [3.05, 3.63) is 70.9 Å². The highest BCUT2D eigenvalue weighted by Gasteiger charge is 2.26. The number of ether oxygens (including phenoxy) is 1. The highest BCUT2D eigenvalue weighted by atomic mass is 35.5. The predicted octanol–water partition coefficient (Wildman–Crippen LogP) is 3.41. The van der Waals surface area contributed by atoms with E-state index in [-0.39, 0.29) is 12.4 Å². The molecule has 0 saturated heterocycles. The van der Waals surface area contributed by atoms with Crippen LogP contribution in [0.2, 0.25) is 5.02 Å². The minimum atomic E-state index is -1.24. The lowest BCUT2D eigenvalue weighted by Gasteiger charge is -2.20. The first-order chi connectivity index (χ1) is 12.6. The third kappa shape index (κ3) is 4.35. The van der Waals surface area contributed by atoms with Crippen LogP contribution in [0, 0.1) is 0 Å². The van der Waals surface area contributed by atoms with Gasteiger partial charge in [0.05, 0.1) is 12.6 Å². The number of alkyl carbamates (subject to hydrolysis) is 1. The molecule has 1 amide bonds. The summed E-state index contributed by atoms with van der Waals surface area (Å²) in [5.74, 6) is 0.213. The predicted molar refractivity (Wildman–Crippen MR) is 96.8 cm³/mol. The van der Waals surface area contributed by atoms with Gasteiger partial charge in [-0.05, 0) is 29.8 Å². The highest BCUT2D eigenvalue weighted by Crippen LogP contribution is 2.27. The zero-order chi connectivity index (χ0) is 18.5. The summed E-state index contributed by atoms with van der Waals surface area (Å²) in [6.07, 6.45) is -1.98. The smallest absolute Gasteiger partial charge is 0.407 e. The van der Waals surface area contributed by atoms with Gasteiger partial charge in [0.25, 0.3) is 0 Å². The zero-order valence-corrected chi connectivity index (χ0v) is 14.5. The Kier molecular flexibility index (Phi) is 5.78. The summed E-state index contributed by atoms with van der Waals surface area (Å²) < 4.78 is 10.7. The quantitative estimate of drug-likeness (QED) is 0.614. The number of halogens is 1. The van der Waals surface area contributed by atoms with E-state index in [2.05, 4.69) is 5.32 Å². The van der Waals surface area contributed by atoms with E-state index >= 15 is 0 Å². The number of carbonyl (C=O) groups is 1. The number of hydrogen-bond donors (Lipinski definition) is 3. The summed E-state index contributed by atoms with van der Waals surface area (Å²) in [5, 5.41) is 23.6. The van der Waals surface area contributed by atoms with E-state index in [0.29, 0.717) is 10.6 Å². The number of aliphatic hydroxyl groups is 2. The van der Waals surface area contributed by atoms with Crippen molar-refractivity contribution in [2.24, 2.45) is 0 Å². The Hall–Kier alpha value is -2.54. The van der Waals surface area contributed by atoms with Gasteiger partial charge in [-0.25, -0.2) is 4.79 Å². The molecule has 1 aromatic heterocycles. The molecular weight excluding hydrogens is 358 g/mol. The molecule has 136 valence electrons. The first-order valence-corrected chi connectivity index (χ1v) is 8.40. The molecule has 0 aliphatic carbocycles. The second-order valence-corrected chi connectivity index (χ2v) is 6.21. The largest absolute Gasteiger partial charge is 0.458 e. The first kappa shape index (κ1) is 18.3. The van der Waals surface area contributed by atoms with Gasteiger partial charge in [0, 0.05) is 10.4 Å². The third-order valence-electron chi connectivity index (χ3n) is 3.88. The van der Waals surface area contributed by atoms with Crippen molar-refractivity contribution in [2.45, 2.75) is 18.8 Å². The number of furan rings is 1. The fourth-order valence-electron chi connectivity index (χ4n) is 2.52. The van der Waals surface area contributed by atoms with Crippen LogP contribution in [0.1, 0.15) is 17.4 Å². The average Bonchev–Trinajstić information content (AvgIpc) is 3.08. The van der Waals surface area contributed by atoms with Crippen molar-refractivity contribution < 1.29 is 24.2 Å². The monoisotopic (exact) mass is 375 g/mol. The van der Waals surface area contributed by atoms with Crippen LogP contribution >= 0.6 is 11.6 Å². The Balaban J connectivity index is 1.63. The molecule has 2 atom stereocenters. The van der Waals surface area contributed by atoms with Crippen molar-refractivity contribution in [3.63, 3.8) is 0 Å². The highest BCUT2D eigenvalue weighted by molar-refractivity contribution is 6.31. The fourth-order valence-corrected chi connectivity index (χ4v) is 2.70. The number of rotatable bonds is 6. The second kappa shape index (κ2) is 8.23. The number of fused-ring (bicyclic) bond motifs is 1. The number of benzene rings is 2. The van der Waals surface area contributed by atoms with E-state index in [1.807, 2.05) is 30.3 Å². The molecule has 7 heteroatoms. The summed E-state index contributed by atoms with van der Waals surface area (Å²) >= 11 is 5.93. The number of aliphatic hydroxyl groups excluding tert-OH is 2. The van der Waals surface area contributed by atoms with E-state index in [1.165, 1.54) is 0 Å². The standard InChI is InChI=1S/C19H18ClNO5/c20-14-6-7-16-13(8-14)9-17(26-16)18(23)15(10-22)21-19(24)25-11-12-4-2-1-3-5-12/h1-9,15,18,22-23H,10-11H2,(H,21,24)/t15-,18?/m1/s1. The molecule has 3 rings (SSSR count). The Morgan fingerprint density at radius 1 is 1.19 bits per heavy atom. The van der Waals surface area contributed by atoms with Gasteiger partial charge in [0.15, 0.2) is 0 Å². The Morgan fingerprint density at radius 2 is 1.96 bits per heavy atom. The van der Waals surface area contributed by atoms with Crippen LogP contribution in [0.5, 0.6) is 0 Å². The maximum absolute atomic E-state index is 11.9. The van der Waals surface area contributed by atoms with Crippen LogP contribution in [0.15, 0.2) is 59.0 Å². The lowest BCUT2D eigenvalue weighted by atomic mass is 10.1. The number of carbonyl (C=O) groups excluding carboxylic acids is 1. The third-order valence-corrected chi connectivity index (χ3v) is 4.12. The summed E-state index contributed by atoms with van der Waals surface area (Å²) in [5.41, 5.74) is 1.38. The van der Waals surface area contributed by atoms with Crippen molar-refractivity contribution in [1.29, 1.82) is 0 Å². The van der Waals surface area contributed by atoms with Gasteiger partial charge in [0.2, 0.25) is 0 Å². The lowest BCUT2D eigenvalue weighted by molar-refractivity contribution is 0.0647. The molecule has 2 aromatic carbocycles. The molecule has 0 bridgehead atoms. The maximum Gasteiger partial charge on any atom is 0.407 e. The zero-order valence-electron chi connectivity index (χ0n) is 13.8. The number of amides is 1. The molecule has 26 heavy (non-hydrogen) atoms. The van der Waals surface area contributed by atoms with Crippen LogP contribution in [0.25, 0.3) is 11.0 Å². The molecule has 0 saturated carbocycles. The van der Waals surface area contributed by atoms with Crippen molar-refractivity contribution in [1.82, 2.24) is 5.32 Å². The molecule has 0 aliphatic heterocycles. The van der Waals surface area contributed by atoms with Gasteiger partial charge >= 0.3 is 6.09 Å². The first-order valence-electron chi connectivity index (χ1n) is 8.02. The normalized spacial score (nSPS) is 13.3. The van der Waals surface area contributed by atoms with Gasteiger partial charge in [-0.2, -0.15) is 0 Å². The molecule has 3 aromatic rings. The van der Waals surface area contributed by atoms with Gasteiger partial charge in [-0.1, -0.05) is 41.9 Å². The van der Waals surface area contributed by atoms with Crippen LogP contribution in [0.3, 0.4) is 0 Å². The van der Waals surface area contributed by atoms with Crippen molar-refractivity contribution in [3.8, 4) is 0 Å². The molecule has 0 radical (unpaired) electrons. The van der Waals surface area contributed by atoms with Crippen molar-refractivity contribution in [2.75, 3.05) is 6.61 Å². The Bertz CT molecular complexity index is 880. The summed E-state index contributed by atoms with van der Waals surface area (Å²) in [7, 11) is 0. The minimum Gasteiger partial charge on any atom is -0.458 e. The summed E-state index contributed by atoms with van der Waals surface area (Å²) in [4.78, 5) is 11.9. The summed E-state index contributed by atoms with van der Waals surface area (Å²) in [6, 6.07) is 14.9. The van der Waals surface area contributed by atoms with Gasteiger partial charge in [-0.3, -0.25) is 0 Å². The van der Waals surface area contributed by atoms with E-state index < -0.39 is 24.8 Å². The van der Waals surface area contributed by atoms with E-state index in [4.69, 9.17) is 20.8 Å². The maximum atomic E-state index is 11.9. The molecular formula is C19H18ClNO5. The average molecular weight is 376 g/mol. The van der Waals surface area contributed by atoms with Gasteiger partial charge < -0.3 is 24.7 Å². The molecule has 0 aliphatic rings. The summed E-state index contributed by atoms with van der Waals surface area (Å²) in [6.45, 7) is -0.399. The Morgan fingerprint density at radius 3 is 2.69 bits per heavy atom. The lowest BCUT2D eigenvalue weighted by Crippen LogP contribution is -2.42. The topological polar surface area (TPSA) is 91.9 Å². The Labute approximate surface area is 155 Å². The van der Waals surface area contributed by atoms with Crippen LogP contribution in [-0.2, 0) is 11.3 Å². The van der Waals surface area contributed by atoms with E-state index in [9.17, 15) is 15.0 Å². The van der Waals surface area contributed by atoms with Gasteiger partial charge in [-0.15, -0.1) is 0 Å². The van der Waals surface area contributed by atoms with Crippen LogP contribution in [-0.4, -0.2) is 29.0 Å². The second-order valence-electron chi connectivity index (χ2n) is 5.77. The number of hydrogen-bond acceptors (Lipinski definition) is 5. The number of nitrogens with one attached hydrogen (secondary N) is 1. The molecule has 3 N–H and O–H groups in total. The fraction of sp³-hybridized carbons (Fsp3) is 0.211. The molecule has 6 nitrogen and oxygen atoms in total. The molecule has 0 fully saturated rings. The molecule has 1 unspecified atom stereocenters. The van der Waals surface area contributed by atoms with Gasteiger partial charge in [0.1, 0.15) is 24.1 Å². The molecule has 1 heterocycles.